The SMILES string of the molecule is CCCCOC(=O)[C@H]([C@@H](C)OCCCC)N1C[C@@]2(CCCN2)C1=O. The van der Waals surface area contributed by atoms with Crippen molar-refractivity contribution in [1.82, 2.24) is 10.2 Å². The van der Waals surface area contributed by atoms with Crippen molar-refractivity contribution in [3.8, 4) is 0 Å². The lowest BCUT2D eigenvalue weighted by Crippen LogP contribution is -2.75. The van der Waals surface area contributed by atoms with Gasteiger partial charge in [0.05, 0.1) is 12.7 Å². The van der Waals surface area contributed by atoms with Crippen molar-refractivity contribution in [2.24, 2.45) is 0 Å². The van der Waals surface area contributed by atoms with Crippen molar-refractivity contribution in [2.75, 3.05) is 26.3 Å². The van der Waals surface area contributed by atoms with E-state index < -0.39 is 11.6 Å². The molecule has 1 spiro atoms. The van der Waals surface area contributed by atoms with Crippen molar-refractivity contribution in [3.05, 3.63) is 0 Å². The van der Waals surface area contributed by atoms with Gasteiger partial charge in [0.25, 0.3) is 0 Å². The van der Waals surface area contributed by atoms with E-state index in [2.05, 4.69) is 19.2 Å². The van der Waals surface area contributed by atoms with Crippen LogP contribution in [0.4, 0.5) is 0 Å². The fourth-order valence-corrected chi connectivity index (χ4v) is 3.44. The molecule has 0 saturated carbocycles. The van der Waals surface area contributed by atoms with E-state index >= 15 is 0 Å². The Morgan fingerprint density at radius 1 is 1.29 bits per heavy atom. The average molecular weight is 340 g/mol. The Morgan fingerprint density at radius 2 is 2.00 bits per heavy atom. The molecule has 0 aliphatic carbocycles. The number of ether oxygens (including phenoxy) is 2. The second-order valence-corrected chi connectivity index (χ2v) is 6.94. The highest BCUT2D eigenvalue weighted by atomic mass is 16.5. The molecule has 138 valence electrons. The summed E-state index contributed by atoms with van der Waals surface area (Å²) in [5, 5.41) is 3.30. The summed E-state index contributed by atoms with van der Waals surface area (Å²) < 4.78 is 11.2. The summed E-state index contributed by atoms with van der Waals surface area (Å²) in [6, 6.07) is -0.640. The number of carbonyl (C=O) groups excluding carboxylic acids is 2. The van der Waals surface area contributed by atoms with Gasteiger partial charge in [-0.05, 0) is 39.2 Å². The molecule has 2 saturated heterocycles. The summed E-state index contributed by atoms with van der Waals surface area (Å²) >= 11 is 0. The molecule has 2 aliphatic rings. The zero-order valence-corrected chi connectivity index (χ0v) is 15.3. The maximum Gasteiger partial charge on any atom is 0.331 e. The molecule has 2 aliphatic heterocycles. The van der Waals surface area contributed by atoms with Gasteiger partial charge in [0.1, 0.15) is 5.54 Å². The van der Waals surface area contributed by atoms with Crippen molar-refractivity contribution >= 4 is 11.9 Å². The lowest BCUT2D eigenvalue weighted by atomic mass is 9.84. The molecule has 6 heteroatoms. The van der Waals surface area contributed by atoms with Gasteiger partial charge in [-0.25, -0.2) is 4.79 Å². The predicted molar refractivity (Wildman–Crippen MR) is 91.7 cm³/mol. The van der Waals surface area contributed by atoms with Crippen LogP contribution in [0.3, 0.4) is 0 Å². The van der Waals surface area contributed by atoms with Gasteiger partial charge in [-0.15, -0.1) is 0 Å². The smallest absolute Gasteiger partial charge is 0.331 e. The molecular formula is C18H32N2O4. The summed E-state index contributed by atoms with van der Waals surface area (Å²) in [5.41, 5.74) is -0.439. The monoisotopic (exact) mass is 340 g/mol. The van der Waals surface area contributed by atoms with Crippen LogP contribution in [0, 0.1) is 0 Å². The van der Waals surface area contributed by atoms with E-state index in [4.69, 9.17) is 9.47 Å². The van der Waals surface area contributed by atoms with E-state index in [1.807, 2.05) is 6.92 Å². The predicted octanol–water partition coefficient (Wildman–Crippen LogP) is 1.87. The number of hydrogen-bond donors (Lipinski definition) is 1. The lowest BCUT2D eigenvalue weighted by molar-refractivity contribution is -0.175. The topological polar surface area (TPSA) is 67.9 Å². The van der Waals surface area contributed by atoms with Crippen LogP contribution in [0.2, 0.25) is 0 Å². The molecule has 2 rings (SSSR count). The summed E-state index contributed by atoms with van der Waals surface area (Å²) in [5.74, 6) is -0.322. The molecule has 1 N–H and O–H groups in total. The molecule has 0 unspecified atom stereocenters. The van der Waals surface area contributed by atoms with Crippen LogP contribution in [0.5, 0.6) is 0 Å². The summed E-state index contributed by atoms with van der Waals surface area (Å²) in [4.78, 5) is 26.9. The maximum absolute atomic E-state index is 12.7. The number of unbranched alkanes of at least 4 members (excludes halogenated alkanes) is 2. The summed E-state index contributed by atoms with van der Waals surface area (Å²) in [7, 11) is 0. The highest BCUT2D eigenvalue weighted by molar-refractivity contribution is 5.96. The van der Waals surface area contributed by atoms with E-state index in [1.54, 1.807) is 4.90 Å². The minimum Gasteiger partial charge on any atom is -0.464 e. The molecule has 24 heavy (non-hydrogen) atoms. The zero-order chi connectivity index (χ0) is 17.6. The Balaban J connectivity index is 1.99. The number of carbonyl (C=O) groups is 2. The Bertz CT molecular complexity index is 435. The van der Waals surface area contributed by atoms with Crippen molar-refractivity contribution < 1.29 is 19.1 Å². The molecule has 0 aromatic carbocycles. The first-order chi connectivity index (χ1) is 11.6. The summed E-state index contributed by atoms with van der Waals surface area (Å²) in [6.45, 7) is 8.45. The lowest BCUT2D eigenvalue weighted by Gasteiger charge is -2.50. The van der Waals surface area contributed by atoms with Gasteiger partial charge in [0, 0.05) is 13.2 Å². The molecule has 0 aromatic heterocycles. The number of likely N-dealkylation sites (tertiary alicyclic amines) is 1. The highest BCUT2D eigenvalue weighted by Gasteiger charge is 2.57. The van der Waals surface area contributed by atoms with E-state index in [1.165, 1.54) is 0 Å². The second-order valence-electron chi connectivity index (χ2n) is 6.94. The summed E-state index contributed by atoms with van der Waals surface area (Å²) in [6.07, 6.45) is 5.29. The van der Waals surface area contributed by atoms with Gasteiger partial charge >= 0.3 is 5.97 Å². The molecular weight excluding hydrogens is 308 g/mol. The van der Waals surface area contributed by atoms with Crippen LogP contribution in [0.25, 0.3) is 0 Å². The van der Waals surface area contributed by atoms with Crippen molar-refractivity contribution in [3.63, 3.8) is 0 Å². The molecule has 2 heterocycles. The van der Waals surface area contributed by atoms with Crippen LogP contribution >= 0.6 is 0 Å². The molecule has 6 nitrogen and oxygen atoms in total. The third-order valence-electron chi connectivity index (χ3n) is 5.00. The van der Waals surface area contributed by atoms with Gasteiger partial charge in [-0.1, -0.05) is 26.7 Å². The van der Waals surface area contributed by atoms with Gasteiger partial charge in [-0.3, -0.25) is 4.79 Å². The van der Waals surface area contributed by atoms with Gasteiger partial charge < -0.3 is 19.7 Å². The standard InChI is InChI=1S/C18H32N2O4/c1-4-6-11-23-14(3)15(16(21)24-12-7-5-2)20-13-18(17(20)22)9-8-10-19-18/h14-15,19H,4-13H2,1-3H3/t14-,15+,18+/m1/s1. The fraction of sp³-hybridized carbons (Fsp3) is 0.889. The van der Waals surface area contributed by atoms with Crippen molar-refractivity contribution in [1.29, 1.82) is 0 Å². The molecule has 2 fully saturated rings. The van der Waals surface area contributed by atoms with E-state index in [9.17, 15) is 9.59 Å². The number of nitrogens with one attached hydrogen (secondary N) is 1. The van der Waals surface area contributed by atoms with E-state index in [0.29, 0.717) is 19.8 Å². The molecule has 0 radical (unpaired) electrons. The van der Waals surface area contributed by atoms with E-state index in [0.717, 1.165) is 45.1 Å². The first-order valence-corrected chi connectivity index (χ1v) is 9.40. The Hall–Kier alpha value is -1.14. The highest BCUT2D eigenvalue weighted by Crippen LogP contribution is 2.34. The number of rotatable bonds is 10. The Labute approximate surface area is 145 Å². The average Bonchev–Trinajstić information content (AvgIpc) is 3.06. The third-order valence-corrected chi connectivity index (χ3v) is 5.00. The number of hydrogen-bond acceptors (Lipinski definition) is 5. The minimum absolute atomic E-state index is 0.0170. The number of esters is 1. The zero-order valence-electron chi connectivity index (χ0n) is 15.3. The van der Waals surface area contributed by atoms with Gasteiger partial charge in [-0.2, -0.15) is 0 Å². The number of β-lactam (4-membered cyclic amide) rings is 1. The van der Waals surface area contributed by atoms with Crippen LogP contribution < -0.4 is 5.32 Å². The second kappa shape index (κ2) is 8.81. The van der Waals surface area contributed by atoms with Gasteiger partial charge in [0.15, 0.2) is 6.04 Å². The van der Waals surface area contributed by atoms with Crippen LogP contribution in [0.1, 0.15) is 59.3 Å². The van der Waals surface area contributed by atoms with Crippen LogP contribution in [-0.2, 0) is 19.1 Å². The Morgan fingerprint density at radius 3 is 2.58 bits per heavy atom. The van der Waals surface area contributed by atoms with Crippen LogP contribution in [0.15, 0.2) is 0 Å². The molecule has 0 aromatic rings. The Kier molecular flexibility index (Phi) is 7.04. The van der Waals surface area contributed by atoms with Crippen LogP contribution in [-0.4, -0.2) is 60.8 Å². The number of nitrogens with zero attached hydrogens (tertiary/aromatic N) is 1. The first kappa shape index (κ1) is 19.2. The maximum atomic E-state index is 12.7. The third kappa shape index (κ3) is 4.09. The van der Waals surface area contributed by atoms with Crippen molar-refractivity contribution in [2.45, 2.75) is 77.0 Å². The molecule has 1 amide bonds. The number of amides is 1. The minimum atomic E-state index is -0.640. The van der Waals surface area contributed by atoms with Gasteiger partial charge in [0.2, 0.25) is 5.91 Å². The first-order valence-electron chi connectivity index (χ1n) is 9.40. The largest absolute Gasteiger partial charge is 0.464 e. The molecule has 3 atom stereocenters. The van der Waals surface area contributed by atoms with E-state index in [-0.39, 0.29) is 18.0 Å². The quantitative estimate of drug-likeness (QED) is 0.373. The molecule has 0 bridgehead atoms. The normalized spacial score (nSPS) is 25.6. The fourth-order valence-electron chi connectivity index (χ4n) is 3.44.